The molecule has 0 aromatic heterocycles. The molecule has 0 aliphatic rings. The van der Waals surface area contributed by atoms with Gasteiger partial charge >= 0.3 is 5.97 Å². The van der Waals surface area contributed by atoms with Crippen LogP contribution >= 0.6 is 0 Å². The van der Waals surface area contributed by atoms with Gasteiger partial charge in [-0.2, -0.15) is 0 Å². The van der Waals surface area contributed by atoms with Gasteiger partial charge in [0.15, 0.2) is 0 Å². The summed E-state index contributed by atoms with van der Waals surface area (Å²) in [5, 5.41) is 58.3. The smallest absolute Gasteiger partial charge is 0.372 e. The van der Waals surface area contributed by atoms with Crippen LogP contribution in [0.1, 0.15) is 26.2 Å². The van der Waals surface area contributed by atoms with Crippen LogP contribution in [0, 0.1) is 0 Å². The van der Waals surface area contributed by atoms with Crippen molar-refractivity contribution in [1.82, 2.24) is 5.32 Å². The highest BCUT2D eigenvalue weighted by atomic mass is 16.4. The van der Waals surface area contributed by atoms with Crippen LogP contribution < -0.4 is 5.32 Å². The van der Waals surface area contributed by atoms with Crippen LogP contribution in [0.3, 0.4) is 0 Å². The standard InChI is InChI=1S/C13H23NO9/c1-2-3-9(19)14-10(6(16)4-7(17)13(22)23)12(21)11(20)8(18)5-15/h6,8,10-12,15-16,18,20-21H,2-5H2,1H3,(H,14,19)(H,22,23)/t6-,8+,10+,11+,12+/m0/s1. The Hall–Kier alpha value is -1.59. The molecule has 7 N–H and O–H groups in total. The maximum absolute atomic E-state index is 11.6. The van der Waals surface area contributed by atoms with E-state index < -0.39 is 61.1 Å². The number of aliphatic carboxylic acids is 1. The number of Topliss-reactive ketones (excluding diaryl/α,β-unsaturated/α-hetero) is 1. The molecule has 134 valence electrons. The molecule has 0 aliphatic heterocycles. The highest BCUT2D eigenvalue weighted by Gasteiger charge is 2.37. The Balaban J connectivity index is 5.16. The van der Waals surface area contributed by atoms with E-state index in [2.05, 4.69) is 5.32 Å². The highest BCUT2D eigenvalue weighted by Crippen LogP contribution is 2.12. The molecule has 0 rings (SSSR count). The van der Waals surface area contributed by atoms with Crippen LogP contribution in [0.5, 0.6) is 0 Å². The van der Waals surface area contributed by atoms with Crippen LogP contribution in [-0.2, 0) is 14.4 Å². The molecule has 0 aromatic rings. The number of hydrogen-bond acceptors (Lipinski definition) is 8. The average molecular weight is 337 g/mol. The number of amides is 1. The molecule has 0 aliphatic carbocycles. The van der Waals surface area contributed by atoms with Crippen molar-refractivity contribution < 1.29 is 45.0 Å². The largest absolute Gasteiger partial charge is 0.475 e. The molecule has 0 saturated carbocycles. The van der Waals surface area contributed by atoms with Crippen LogP contribution in [0.4, 0.5) is 0 Å². The van der Waals surface area contributed by atoms with E-state index in [0.29, 0.717) is 6.42 Å². The zero-order chi connectivity index (χ0) is 18.2. The van der Waals surface area contributed by atoms with Gasteiger partial charge in [0.1, 0.15) is 18.3 Å². The third-order valence-electron chi connectivity index (χ3n) is 3.15. The lowest BCUT2D eigenvalue weighted by molar-refractivity contribution is -0.151. The van der Waals surface area contributed by atoms with Gasteiger partial charge in [-0.3, -0.25) is 9.59 Å². The van der Waals surface area contributed by atoms with E-state index in [1.165, 1.54) is 0 Å². The monoisotopic (exact) mass is 337 g/mol. The molecule has 0 unspecified atom stereocenters. The number of hydrogen-bond donors (Lipinski definition) is 7. The Bertz CT molecular complexity index is 414. The van der Waals surface area contributed by atoms with E-state index in [9.17, 15) is 34.8 Å². The fraction of sp³-hybridized carbons (Fsp3) is 0.769. The molecule has 23 heavy (non-hydrogen) atoms. The molecule has 1 amide bonds. The molecule has 10 heteroatoms. The first-order chi connectivity index (χ1) is 10.6. The molecule has 0 fully saturated rings. The second-order valence-corrected chi connectivity index (χ2v) is 5.07. The van der Waals surface area contributed by atoms with Gasteiger partial charge in [-0.05, 0) is 6.42 Å². The van der Waals surface area contributed by atoms with Gasteiger partial charge in [0.25, 0.3) is 0 Å². The minimum Gasteiger partial charge on any atom is -0.475 e. The first-order valence-corrected chi connectivity index (χ1v) is 7.04. The molecule has 10 nitrogen and oxygen atoms in total. The molecule has 0 aromatic carbocycles. The van der Waals surface area contributed by atoms with Gasteiger partial charge in [0.05, 0.1) is 18.8 Å². The molecule has 0 radical (unpaired) electrons. The molecule has 5 atom stereocenters. The van der Waals surface area contributed by atoms with E-state index in [-0.39, 0.29) is 6.42 Å². The number of carboxylic acid groups (broad SMARTS) is 1. The van der Waals surface area contributed by atoms with Gasteiger partial charge in [-0.25, -0.2) is 4.79 Å². The number of rotatable bonds is 11. The number of aliphatic hydroxyl groups excluding tert-OH is 5. The quantitative estimate of drug-likeness (QED) is 0.190. The summed E-state index contributed by atoms with van der Waals surface area (Å²) in [7, 11) is 0. The lowest BCUT2D eigenvalue weighted by atomic mass is 9.94. The van der Waals surface area contributed by atoms with Crippen LogP contribution in [0.15, 0.2) is 0 Å². The number of nitrogens with one attached hydrogen (secondary N) is 1. The Kier molecular flexibility index (Phi) is 9.53. The summed E-state index contributed by atoms with van der Waals surface area (Å²) >= 11 is 0. The second-order valence-electron chi connectivity index (χ2n) is 5.07. The van der Waals surface area contributed by atoms with Gasteiger partial charge in [-0.15, -0.1) is 0 Å². The minimum atomic E-state index is -1.94. The Labute approximate surface area is 132 Å². The maximum atomic E-state index is 11.6. The Morgan fingerprint density at radius 1 is 1.00 bits per heavy atom. The predicted molar refractivity (Wildman–Crippen MR) is 75.2 cm³/mol. The summed E-state index contributed by atoms with van der Waals surface area (Å²) in [6.07, 6.45) is -7.86. The van der Waals surface area contributed by atoms with Gasteiger partial charge in [0, 0.05) is 12.8 Å². The lowest BCUT2D eigenvalue weighted by Crippen LogP contribution is -2.58. The van der Waals surface area contributed by atoms with Crippen molar-refractivity contribution in [3.8, 4) is 0 Å². The van der Waals surface area contributed by atoms with Gasteiger partial charge < -0.3 is 36.0 Å². The summed E-state index contributed by atoms with van der Waals surface area (Å²) in [4.78, 5) is 33.3. The van der Waals surface area contributed by atoms with E-state index in [1.54, 1.807) is 6.92 Å². The zero-order valence-electron chi connectivity index (χ0n) is 12.6. The van der Waals surface area contributed by atoms with Crippen LogP contribution in [0.2, 0.25) is 0 Å². The Morgan fingerprint density at radius 3 is 2.00 bits per heavy atom. The first-order valence-electron chi connectivity index (χ1n) is 7.04. The van der Waals surface area contributed by atoms with Crippen LogP contribution in [0.25, 0.3) is 0 Å². The molecule has 0 spiro atoms. The number of ketones is 1. The summed E-state index contributed by atoms with van der Waals surface area (Å²) in [6, 6.07) is -1.60. The number of aliphatic hydroxyl groups is 5. The van der Waals surface area contributed by atoms with Crippen molar-refractivity contribution in [2.24, 2.45) is 0 Å². The minimum absolute atomic E-state index is 0.0292. The predicted octanol–water partition coefficient (Wildman–Crippen LogP) is -3.25. The molecule has 0 bridgehead atoms. The van der Waals surface area contributed by atoms with Gasteiger partial charge in [0.2, 0.25) is 11.7 Å². The van der Waals surface area contributed by atoms with Crippen molar-refractivity contribution in [3.05, 3.63) is 0 Å². The number of carbonyl (C=O) groups excluding carboxylic acids is 2. The van der Waals surface area contributed by atoms with E-state index in [0.717, 1.165) is 0 Å². The average Bonchev–Trinajstić information content (AvgIpc) is 2.50. The SMILES string of the molecule is CCCC(=O)N[C@@H]([C@@H](O)[C@H](O)[C@H](O)CO)[C@@H](O)CC(=O)C(=O)O. The summed E-state index contributed by atoms with van der Waals surface area (Å²) in [5.41, 5.74) is 0. The zero-order valence-corrected chi connectivity index (χ0v) is 12.6. The highest BCUT2D eigenvalue weighted by molar-refractivity contribution is 6.32. The van der Waals surface area contributed by atoms with Crippen molar-refractivity contribution in [1.29, 1.82) is 0 Å². The summed E-state index contributed by atoms with van der Waals surface area (Å²) < 4.78 is 0. The van der Waals surface area contributed by atoms with Gasteiger partial charge in [-0.1, -0.05) is 6.92 Å². The normalized spacial score (nSPS) is 17.7. The lowest BCUT2D eigenvalue weighted by Gasteiger charge is -2.32. The van der Waals surface area contributed by atoms with E-state index in [4.69, 9.17) is 10.2 Å². The maximum Gasteiger partial charge on any atom is 0.372 e. The topological polar surface area (TPSA) is 185 Å². The molecule has 0 saturated heterocycles. The number of carbonyl (C=O) groups is 3. The van der Waals surface area contributed by atoms with Crippen molar-refractivity contribution in [3.63, 3.8) is 0 Å². The van der Waals surface area contributed by atoms with Crippen LogP contribution in [-0.4, -0.2) is 85.4 Å². The summed E-state index contributed by atoms with van der Waals surface area (Å²) in [6.45, 7) is 0.803. The fourth-order valence-electron chi connectivity index (χ4n) is 1.85. The first kappa shape index (κ1) is 21.4. The molecule has 0 heterocycles. The Morgan fingerprint density at radius 2 is 1.57 bits per heavy atom. The third kappa shape index (κ3) is 7.01. The fourth-order valence-corrected chi connectivity index (χ4v) is 1.85. The van der Waals surface area contributed by atoms with Crippen molar-refractivity contribution in [2.45, 2.75) is 56.6 Å². The number of carboxylic acids is 1. The third-order valence-corrected chi connectivity index (χ3v) is 3.15. The molecular formula is C13H23NO9. The van der Waals surface area contributed by atoms with Crippen molar-refractivity contribution >= 4 is 17.7 Å². The summed E-state index contributed by atoms with van der Waals surface area (Å²) in [5.74, 6) is -3.76. The van der Waals surface area contributed by atoms with E-state index in [1.807, 2.05) is 0 Å². The van der Waals surface area contributed by atoms with Crippen molar-refractivity contribution in [2.75, 3.05) is 6.61 Å². The van der Waals surface area contributed by atoms with E-state index >= 15 is 0 Å². The second kappa shape index (κ2) is 10.2. The molecular weight excluding hydrogens is 314 g/mol.